The number of carbonyl (C=O) groups is 2. The number of ether oxygens (including phenoxy) is 1. The summed E-state index contributed by atoms with van der Waals surface area (Å²) in [6.45, 7) is 6.21. The van der Waals surface area contributed by atoms with Crippen LogP contribution in [0.4, 0.5) is 18.9 Å². The summed E-state index contributed by atoms with van der Waals surface area (Å²) in [5, 5.41) is 6.36. The lowest BCUT2D eigenvalue weighted by Gasteiger charge is -2.47. The van der Waals surface area contributed by atoms with E-state index in [9.17, 15) is 22.8 Å². The van der Waals surface area contributed by atoms with Gasteiger partial charge in [-0.05, 0) is 69.5 Å². The van der Waals surface area contributed by atoms with Crippen LogP contribution in [0.5, 0.6) is 5.75 Å². The van der Waals surface area contributed by atoms with Gasteiger partial charge in [0.05, 0.1) is 12.3 Å². The van der Waals surface area contributed by atoms with Gasteiger partial charge in [-0.1, -0.05) is 13.3 Å². The number of carbonyl (C=O) groups excluding carboxylic acids is 2. The molecule has 2 bridgehead atoms. The van der Waals surface area contributed by atoms with Crippen molar-refractivity contribution in [2.45, 2.75) is 70.6 Å². The molecular weight excluding hydrogens is 573 g/mol. The number of nitrogens with zero attached hydrogens (tertiary/aromatic N) is 4. The SMILES string of the molecule is CCOc1cc(N2CCN(C(=O)C3(C(F)(F)F)CC4CCC3C4)C[C@H]2CC)c(C(=O)N[C@@H]2CCNC2)nc1-c1cccnc1. The molecule has 2 N–H and O–H groups in total. The Morgan fingerprint density at radius 3 is 2.66 bits per heavy atom. The zero-order chi connectivity index (χ0) is 31.1. The topological polar surface area (TPSA) is 99.7 Å². The zero-order valence-electron chi connectivity index (χ0n) is 25.3. The Morgan fingerprint density at radius 1 is 1.20 bits per heavy atom. The summed E-state index contributed by atoms with van der Waals surface area (Å²) in [7, 11) is 0. The molecule has 0 aromatic carbocycles. The molecule has 0 radical (unpaired) electrons. The third kappa shape index (κ3) is 5.39. The monoisotopic (exact) mass is 614 g/mol. The quantitative estimate of drug-likeness (QED) is 0.454. The summed E-state index contributed by atoms with van der Waals surface area (Å²) >= 11 is 0. The van der Waals surface area contributed by atoms with Gasteiger partial charge in [-0.2, -0.15) is 13.2 Å². The first-order chi connectivity index (χ1) is 21.2. The van der Waals surface area contributed by atoms with Crippen molar-refractivity contribution in [3.63, 3.8) is 0 Å². The molecule has 3 unspecified atom stereocenters. The molecule has 4 aliphatic rings. The van der Waals surface area contributed by atoms with E-state index in [-0.39, 0.29) is 55.7 Å². The molecule has 4 heterocycles. The molecular formula is C32H41F3N6O3. The van der Waals surface area contributed by atoms with Crippen molar-refractivity contribution in [3.05, 3.63) is 36.3 Å². The fourth-order valence-corrected chi connectivity index (χ4v) is 7.93. The number of piperazine rings is 1. The Kier molecular flexibility index (Phi) is 8.47. The highest BCUT2D eigenvalue weighted by Gasteiger charge is 2.70. The molecule has 2 aromatic heterocycles. The summed E-state index contributed by atoms with van der Waals surface area (Å²) in [6, 6.07) is 5.11. The van der Waals surface area contributed by atoms with Crippen LogP contribution in [-0.4, -0.2) is 84.3 Å². The van der Waals surface area contributed by atoms with Crippen molar-refractivity contribution in [1.29, 1.82) is 0 Å². The first kappa shape index (κ1) is 30.6. The van der Waals surface area contributed by atoms with Gasteiger partial charge in [-0.15, -0.1) is 0 Å². The number of pyridine rings is 2. The average Bonchev–Trinajstić information content (AvgIpc) is 3.79. The first-order valence-electron chi connectivity index (χ1n) is 15.9. The van der Waals surface area contributed by atoms with Gasteiger partial charge in [0.25, 0.3) is 5.91 Å². The van der Waals surface area contributed by atoms with E-state index in [1.165, 1.54) is 4.90 Å². The van der Waals surface area contributed by atoms with Crippen molar-refractivity contribution in [3.8, 4) is 17.0 Å². The minimum absolute atomic E-state index is 0.0358. The van der Waals surface area contributed by atoms with Crippen LogP contribution < -0.4 is 20.3 Å². The lowest BCUT2D eigenvalue weighted by atomic mass is 9.71. The highest BCUT2D eigenvalue weighted by molar-refractivity contribution is 5.99. The van der Waals surface area contributed by atoms with E-state index in [1.54, 1.807) is 18.5 Å². The lowest BCUT2D eigenvalue weighted by molar-refractivity contribution is -0.241. The van der Waals surface area contributed by atoms with Gasteiger partial charge >= 0.3 is 6.18 Å². The predicted molar refractivity (Wildman–Crippen MR) is 159 cm³/mol. The summed E-state index contributed by atoms with van der Waals surface area (Å²) in [5.74, 6) is -1.29. The van der Waals surface area contributed by atoms with Crippen LogP contribution in [-0.2, 0) is 4.79 Å². The van der Waals surface area contributed by atoms with Gasteiger partial charge in [0, 0.05) is 62.3 Å². The molecule has 2 aromatic rings. The number of nitrogens with one attached hydrogen (secondary N) is 2. The number of halogens is 3. The highest BCUT2D eigenvalue weighted by Crippen LogP contribution is 2.63. The molecule has 2 amide bonds. The van der Waals surface area contributed by atoms with E-state index >= 15 is 0 Å². The Morgan fingerprint density at radius 2 is 2.05 bits per heavy atom. The zero-order valence-corrected chi connectivity index (χ0v) is 25.3. The number of anilines is 1. The van der Waals surface area contributed by atoms with Crippen molar-refractivity contribution < 1.29 is 27.5 Å². The molecule has 2 aliphatic heterocycles. The maximum absolute atomic E-state index is 14.7. The Bertz CT molecular complexity index is 1370. The van der Waals surface area contributed by atoms with E-state index in [0.29, 0.717) is 55.1 Å². The molecule has 2 saturated carbocycles. The number of rotatable bonds is 8. The molecule has 2 aliphatic carbocycles. The molecule has 4 fully saturated rings. The number of fused-ring (bicyclic) bond motifs is 2. The number of aromatic nitrogens is 2. The first-order valence-corrected chi connectivity index (χ1v) is 15.9. The Hall–Kier alpha value is -3.41. The molecule has 0 spiro atoms. The van der Waals surface area contributed by atoms with Gasteiger partial charge in [0.1, 0.15) is 16.9 Å². The van der Waals surface area contributed by atoms with Crippen LogP contribution >= 0.6 is 0 Å². The van der Waals surface area contributed by atoms with E-state index < -0.39 is 23.4 Å². The van der Waals surface area contributed by atoms with Crippen LogP contribution in [0.2, 0.25) is 0 Å². The minimum atomic E-state index is -4.58. The molecule has 2 saturated heterocycles. The van der Waals surface area contributed by atoms with Gasteiger partial charge in [-0.3, -0.25) is 14.6 Å². The summed E-state index contributed by atoms with van der Waals surface area (Å²) in [6.07, 6.45) is 1.71. The summed E-state index contributed by atoms with van der Waals surface area (Å²) < 4.78 is 50.0. The fourth-order valence-electron chi connectivity index (χ4n) is 7.93. The average molecular weight is 615 g/mol. The van der Waals surface area contributed by atoms with E-state index in [0.717, 1.165) is 19.4 Å². The third-order valence-corrected chi connectivity index (χ3v) is 10.1. The minimum Gasteiger partial charge on any atom is -0.492 e. The molecule has 44 heavy (non-hydrogen) atoms. The lowest BCUT2D eigenvalue weighted by Crippen LogP contribution is -2.61. The van der Waals surface area contributed by atoms with Crippen LogP contribution in [0.15, 0.2) is 30.6 Å². The number of alkyl halides is 3. The van der Waals surface area contributed by atoms with Crippen LogP contribution in [0.3, 0.4) is 0 Å². The van der Waals surface area contributed by atoms with Gasteiger partial charge in [-0.25, -0.2) is 4.98 Å². The van der Waals surface area contributed by atoms with E-state index in [1.807, 2.05) is 30.9 Å². The standard InChI is InChI=1S/C32H41F3N6O3/c1-3-24-19-40(30(43)31(32(33,34)35)16-20-7-8-22(31)14-20)12-13-41(24)25-15-26(44-4-2)27(21-6-5-10-36-17-21)39-28(25)29(42)38-23-9-11-37-18-23/h5-6,10,15,17,20,22-24,37H,3-4,7-9,11-14,16,18-19H2,1-2H3,(H,38,42)/t20?,22?,23-,24-,31?/m1/s1. The van der Waals surface area contributed by atoms with Gasteiger partial charge in [0.15, 0.2) is 5.69 Å². The van der Waals surface area contributed by atoms with Crippen molar-refractivity contribution >= 4 is 17.5 Å². The normalized spacial score (nSPS) is 28.4. The smallest absolute Gasteiger partial charge is 0.403 e. The molecule has 5 atom stereocenters. The maximum atomic E-state index is 14.7. The fraction of sp³-hybridized carbons (Fsp3) is 0.625. The van der Waals surface area contributed by atoms with Gasteiger partial charge < -0.3 is 25.2 Å². The number of hydrogen-bond acceptors (Lipinski definition) is 7. The summed E-state index contributed by atoms with van der Waals surface area (Å²) in [4.78, 5) is 40.2. The molecule has 6 rings (SSSR count). The van der Waals surface area contributed by atoms with Crippen molar-refractivity contribution in [1.82, 2.24) is 25.5 Å². The maximum Gasteiger partial charge on any atom is 0.403 e. The second kappa shape index (κ2) is 12.2. The second-order valence-corrected chi connectivity index (χ2v) is 12.6. The predicted octanol–water partition coefficient (Wildman–Crippen LogP) is 4.43. The number of amides is 2. The molecule has 238 valence electrons. The Labute approximate surface area is 255 Å². The largest absolute Gasteiger partial charge is 0.492 e. The third-order valence-electron chi connectivity index (χ3n) is 10.1. The van der Waals surface area contributed by atoms with E-state index in [4.69, 9.17) is 9.72 Å². The van der Waals surface area contributed by atoms with Crippen molar-refractivity contribution in [2.75, 3.05) is 44.2 Å². The van der Waals surface area contributed by atoms with Crippen LogP contribution in [0, 0.1) is 17.3 Å². The van der Waals surface area contributed by atoms with Gasteiger partial charge in [0.2, 0.25) is 5.91 Å². The molecule has 12 heteroatoms. The van der Waals surface area contributed by atoms with E-state index in [2.05, 4.69) is 15.6 Å². The van der Waals surface area contributed by atoms with Crippen LogP contribution in [0.1, 0.15) is 62.9 Å². The van der Waals surface area contributed by atoms with Crippen LogP contribution in [0.25, 0.3) is 11.3 Å². The highest BCUT2D eigenvalue weighted by atomic mass is 19.4. The number of hydrogen-bond donors (Lipinski definition) is 2. The summed E-state index contributed by atoms with van der Waals surface area (Å²) in [5.41, 5.74) is -0.328. The Balaban J connectivity index is 1.34. The molecule has 9 nitrogen and oxygen atoms in total. The van der Waals surface area contributed by atoms with Crippen molar-refractivity contribution in [2.24, 2.45) is 17.3 Å². The second-order valence-electron chi connectivity index (χ2n) is 12.6.